The van der Waals surface area contributed by atoms with Gasteiger partial charge in [0.15, 0.2) is 6.10 Å². The molecule has 33 heavy (non-hydrogen) atoms. The highest BCUT2D eigenvalue weighted by Crippen LogP contribution is 2.39. The van der Waals surface area contributed by atoms with Crippen LogP contribution in [0.25, 0.3) is 0 Å². The lowest BCUT2D eigenvalue weighted by Crippen LogP contribution is -2.46. The molecule has 2 heterocycles. The van der Waals surface area contributed by atoms with E-state index in [0.29, 0.717) is 18.5 Å². The third-order valence-corrected chi connectivity index (χ3v) is 7.12. The van der Waals surface area contributed by atoms with Gasteiger partial charge in [0.1, 0.15) is 6.04 Å². The van der Waals surface area contributed by atoms with Crippen molar-refractivity contribution in [3.05, 3.63) is 24.3 Å². The second kappa shape index (κ2) is 9.93. The molecule has 0 spiro atoms. The van der Waals surface area contributed by atoms with Crippen LogP contribution in [0, 0.1) is 11.8 Å². The zero-order chi connectivity index (χ0) is 23.5. The number of carbonyl (C=O) groups is 4. The van der Waals surface area contributed by atoms with Crippen LogP contribution in [0.3, 0.4) is 0 Å². The SMILES string of the molecule is C[C@H](OC(=O)[C@H](C)N1C(=O)[C@@H]2CCCC[C@H]2C1=O)C(=O)Nc1ccc(N2CCCCC2)cc1. The monoisotopic (exact) mass is 455 g/mol. The Balaban J connectivity index is 1.31. The van der Waals surface area contributed by atoms with Crippen molar-refractivity contribution in [2.45, 2.75) is 70.9 Å². The molecule has 3 amide bonds. The Morgan fingerprint density at radius 1 is 0.909 bits per heavy atom. The summed E-state index contributed by atoms with van der Waals surface area (Å²) in [4.78, 5) is 54.0. The number of nitrogens with zero attached hydrogens (tertiary/aromatic N) is 2. The van der Waals surface area contributed by atoms with Crippen LogP contribution in [-0.4, -0.2) is 53.8 Å². The van der Waals surface area contributed by atoms with Gasteiger partial charge < -0.3 is 15.0 Å². The molecule has 1 aromatic carbocycles. The van der Waals surface area contributed by atoms with Crippen LogP contribution in [-0.2, 0) is 23.9 Å². The molecule has 4 atom stereocenters. The van der Waals surface area contributed by atoms with Gasteiger partial charge in [0.25, 0.3) is 5.91 Å². The van der Waals surface area contributed by atoms with Crippen LogP contribution < -0.4 is 10.2 Å². The molecule has 1 aliphatic carbocycles. The predicted octanol–water partition coefficient (Wildman–Crippen LogP) is 3.11. The Labute approximate surface area is 194 Å². The summed E-state index contributed by atoms with van der Waals surface area (Å²) in [5.41, 5.74) is 1.74. The first-order chi connectivity index (χ1) is 15.9. The van der Waals surface area contributed by atoms with E-state index in [9.17, 15) is 19.2 Å². The smallest absolute Gasteiger partial charge is 0.329 e. The van der Waals surface area contributed by atoms with Crippen LogP contribution in [0.4, 0.5) is 11.4 Å². The molecule has 0 radical (unpaired) electrons. The lowest BCUT2D eigenvalue weighted by molar-refractivity contribution is -0.163. The molecule has 4 rings (SSSR count). The zero-order valence-corrected chi connectivity index (χ0v) is 19.4. The number of amides is 3. The number of hydrogen-bond donors (Lipinski definition) is 1. The van der Waals surface area contributed by atoms with E-state index in [1.807, 2.05) is 24.3 Å². The van der Waals surface area contributed by atoms with Gasteiger partial charge in [0.2, 0.25) is 11.8 Å². The van der Waals surface area contributed by atoms with Crippen molar-refractivity contribution in [2.24, 2.45) is 11.8 Å². The molecule has 1 saturated carbocycles. The maximum Gasteiger partial charge on any atom is 0.329 e. The second-order valence-electron chi connectivity index (χ2n) is 9.38. The third kappa shape index (κ3) is 4.89. The molecule has 3 fully saturated rings. The van der Waals surface area contributed by atoms with Crippen LogP contribution >= 0.6 is 0 Å². The Kier molecular flexibility index (Phi) is 7.00. The summed E-state index contributed by atoms with van der Waals surface area (Å²) in [7, 11) is 0. The van der Waals surface area contributed by atoms with E-state index in [-0.39, 0.29) is 23.7 Å². The summed E-state index contributed by atoms with van der Waals surface area (Å²) >= 11 is 0. The molecule has 2 aliphatic heterocycles. The number of anilines is 2. The minimum absolute atomic E-state index is 0.292. The normalized spacial score (nSPS) is 24.8. The molecule has 178 valence electrons. The van der Waals surface area contributed by atoms with Crippen molar-refractivity contribution in [3.8, 4) is 0 Å². The summed E-state index contributed by atoms with van der Waals surface area (Å²) in [5, 5.41) is 2.76. The minimum atomic E-state index is -1.06. The topological polar surface area (TPSA) is 96.0 Å². The molecule has 0 aromatic heterocycles. The van der Waals surface area contributed by atoms with Gasteiger partial charge in [-0.1, -0.05) is 12.8 Å². The van der Waals surface area contributed by atoms with Gasteiger partial charge in [-0.2, -0.15) is 0 Å². The maximum absolute atomic E-state index is 12.7. The van der Waals surface area contributed by atoms with E-state index >= 15 is 0 Å². The number of carbonyl (C=O) groups excluding carboxylic acids is 4. The van der Waals surface area contributed by atoms with Crippen LogP contribution in [0.5, 0.6) is 0 Å². The number of benzene rings is 1. The fourth-order valence-corrected chi connectivity index (χ4v) is 5.15. The van der Waals surface area contributed by atoms with Gasteiger partial charge in [0, 0.05) is 24.5 Å². The lowest BCUT2D eigenvalue weighted by Gasteiger charge is -2.28. The van der Waals surface area contributed by atoms with Crippen molar-refractivity contribution in [1.82, 2.24) is 4.90 Å². The number of hydrogen-bond acceptors (Lipinski definition) is 6. The number of likely N-dealkylation sites (tertiary alicyclic amines) is 1. The van der Waals surface area contributed by atoms with Crippen molar-refractivity contribution in [3.63, 3.8) is 0 Å². The molecular weight excluding hydrogens is 422 g/mol. The van der Waals surface area contributed by atoms with Crippen molar-refractivity contribution in [2.75, 3.05) is 23.3 Å². The maximum atomic E-state index is 12.7. The Bertz CT molecular complexity index is 885. The van der Waals surface area contributed by atoms with Crippen LogP contribution in [0.2, 0.25) is 0 Å². The average molecular weight is 456 g/mol. The van der Waals surface area contributed by atoms with E-state index in [1.54, 1.807) is 0 Å². The summed E-state index contributed by atoms with van der Waals surface area (Å²) in [6.45, 7) is 5.05. The van der Waals surface area contributed by atoms with Crippen LogP contribution in [0.1, 0.15) is 58.8 Å². The standard InChI is InChI=1S/C25H33N3O5/c1-16(28-23(30)20-8-4-5-9-21(20)24(28)31)25(32)33-17(2)22(29)26-18-10-12-19(13-11-18)27-14-6-3-7-15-27/h10-13,16-17,20-21H,3-9,14-15H2,1-2H3,(H,26,29)/t16-,17-,20+,21+/m0/s1. The van der Waals surface area contributed by atoms with E-state index in [4.69, 9.17) is 4.74 Å². The molecule has 8 nitrogen and oxygen atoms in total. The molecular formula is C25H33N3O5. The van der Waals surface area contributed by atoms with Gasteiger partial charge in [-0.25, -0.2) is 4.79 Å². The number of nitrogens with one attached hydrogen (secondary N) is 1. The molecule has 1 aromatic rings. The number of piperidine rings is 1. The van der Waals surface area contributed by atoms with E-state index in [2.05, 4.69) is 10.2 Å². The zero-order valence-electron chi connectivity index (χ0n) is 19.4. The van der Waals surface area contributed by atoms with E-state index in [1.165, 1.54) is 33.1 Å². The fourth-order valence-electron chi connectivity index (χ4n) is 5.15. The van der Waals surface area contributed by atoms with E-state index in [0.717, 1.165) is 36.5 Å². The van der Waals surface area contributed by atoms with Gasteiger partial charge in [-0.3, -0.25) is 19.3 Å². The molecule has 8 heteroatoms. The summed E-state index contributed by atoms with van der Waals surface area (Å²) < 4.78 is 5.32. The average Bonchev–Trinajstić information content (AvgIpc) is 3.09. The highest BCUT2D eigenvalue weighted by molar-refractivity contribution is 6.08. The van der Waals surface area contributed by atoms with Gasteiger partial charge >= 0.3 is 5.97 Å². The van der Waals surface area contributed by atoms with Crippen molar-refractivity contribution in [1.29, 1.82) is 0 Å². The molecule has 1 N–H and O–H groups in total. The predicted molar refractivity (Wildman–Crippen MR) is 123 cm³/mol. The van der Waals surface area contributed by atoms with Crippen molar-refractivity contribution < 1.29 is 23.9 Å². The van der Waals surface area contributed by atoms with E-state index < -0.39 is 24.0 Å². The number of imide groups is 1. The quantitative estimate of drug-likeness (QED) is 0.523. The van der Waals surface area contributed by atoms with Crippen molar-refractivity contribution >= 4 is 35.1 Å². The van der Waals surface area contributed by atoms with Gasteiger partial charge in [-0.05, 0) is 70.2 Å². The molecule has 3 aliphatic rings. The Morgan fingerprint density at radius 2 is 1.48 bits per heavy atom. The first kappa shape index (κ1) is 23.3. The highest BCUT2D eigenvalue weighted by Gasteiger charge is 2.51. The molecule has 2 saturated heterocycles. The second-order valence-corrected chi connectivity index (χ2v) is 9.38. The molecule has 0 unspecified atom stereocenters. The number of rotatable bonds is 6. The van der Waals surface area contributed by atoms with Crippen LogP contribution in [0.15, 0.2) is 24.3 Å². The van der Waals surface area contributed by atoms with Gasteiger partial charge in [0.05, 0.1) is 11.8 Å². The first-order valence-corrected chi connectivity index (χ1v) is 12.1. The third-order valence-electron chi connectivity index (χ3n) is 7.12. The number of ether oxygens (including phenoxy) is 1. The van der Waals surface area contributed by atoms with Gasteiger partial charge in [-0.15, -0.1) is 0 Å². The summed E-state index contributed by atoms with van der Waals surface area (Å²) in [5.74, 6) is -2.45. The summed E-state index contributed by atoms with van der Waals surface area (Å²) in [6.07, 6.45) is 5.79. The largest absolute Gasteiger partial charge is 0.451 e. The highest BCUT2D eigenvalue weighted by atomic mass is 16.5. The lowest BCUT2D eigenvalue weighted by atomic mass is 9.81. The summed E-state index contributed by atoms with van der Waals surface area (Å²) in [6, 6.07) is 6.58. The number of fused-ring (bicyclic) bond motifs is 1. The fraction of sp³-hybridized carbons (Fsp3) is 0.600. The molecule has 0 bridgehead atoms. The number of esters is 1. The first-order valence-electron chi connectivity index (χ1n) is 12.1. The Hall–Kier alpha value is -2.90. The Morgan fingerprint density at radius 3 is 2.06 bits per heavy atom. The minimum Gasteiger partial charge on any atom is -0.451 e.